The fraction of sp³-hybridized carbons (Fsp3) is 0.692. The molecule has 5 heteroatoms. The lowest BCUT2D eigenvalue weighted by Gasteiger charge is -2.35. The van der Waals surface area contributed by atoms with E-state index in [9.17, 15) is 14.7 Å². The first-order valence-corrected chi connectivity index (χ1v) is 6.36. The Morgan fingerprint density at radius 1 is 1.39 bits per heavy atom. The summed E-state index contributed by atoms with van der Waals surface area (Å²) in [6.45, 7) is 6.20. The minimum Gasteiger partial charge on any atom is -0.481 e. The predicted molar refractivity (Wildman–Crippen MR) is 69.3 cm³/mol. The van der Waals surface area contributed by atoms with Gasteiger partial charge in [0.1, 0.15) is 0 Å². The zero-order valence-electron chi connectivity index (χ0n) is 10.9. The largest absolute Gasteiger partial charge is 0.481 e. The third kappa shape index (κ3) is 3.75. The molecule has 0 aromatic carbocycles. The van der Waals surface area contributed by atoms with Gasteiger partial charge in [-0.3, -0.25) is 4.79 Å². The van der Waals surface area contributed by atoms with Gasteiger partial charge in [0.05, 0.1) is 5.41 Å². The molecule has 18 heavy (non-hydrogen) atoms. The van der Waals surface area contributed by atoms with Crippen LogP contribution < -0.4 is 10.6 Å². The van der Waals surface area contributed by atoms with E-state index in [0.29, 0.717) is 25.3 Å². The molecule has 0 heterocycles. The maximum absolute atomic E-state index is 11.4. The number of nitrogens with one attached hydrogen (secondary N) is 2. The predicted octanol–water partition coefficient (Wildman–Crippen LogP) is 1.75. The van der Waals surface area contributed by atoms with Crippen LogP contribution in [0.1, 0.15) is 32.6 Å². The monoisotopic (exact) mass is 254 g/mol. The van der Waals surface area contributed by atoms with Crippen LogP contribution >= 0.6 is 0 Å². The summed E-state index contributed by atoms with van der Waals surface area (Å²) >= 11 is 0. The van der Waals surface area contributed by atoms with Gasteiger partial charge < -0.3 is 15.7 Å². The fourth-order valence-corrected chi connectivity index (χ4v) is 2.26. The topological polar surface area (TPSA) is 78.4 Å². The Kier molecular flexibility index (Phi) is 5.19. The summed E-state index contributed by atoms with van der Waals surface area (Å²) in [6.07, 6.45) is 4.65. The van der Waals surface area contributed by atoms with E-state index in [2.05, 4.69) is 24.1 Å². The minimum atomic E-state index is -0.807. The lowest BCUT2D eigenvalue weighted by atomic mass is 9.71. The summed E-state index contributed by atoms with van der Waals surface area (Å²) in [7, 11) is 0. The maximum atomic E-state index is 11.4. The molecule has 1 fully saturated rings. The Bertz CT molecular complexity index is 320. The van der Waals surface area contributed by atoms with Crippen LogP contribution in [0, 0.1) is 11.3 Å². The summed E-state index contributed by atoms with van der Waals surface area (Å²) in [5.41, 5.74) is -0.794. The van der Waals surface area contributed by atoms with E-state index in [4.69, 9.17) is 0 Å². The molecule has 0 saturated heterocycles. The van der Waals surface area contributed by atoms with E-state index in [1.165, 1.54) is 0 Å². The zero-order chi connectivity index (χ0) is 13.6. The van der Waals surface area contributed by atoms with Crippen molar-refractivity contribution in [2.75, 3.05) is 13.1 Å². The Morgan fingerprint density at radius 3 is 2.50 bits per heavy atom. The van der Waals surface area contributed by atoms with Gasteiger partial charge in [0.2, 0.25) is 0 Å². The third-order valence-electron chi connectivity index (χ3n) is 3.68. The molecule has 0 unspecified atom stereocenters. The van der Waals surface area contributed by atoms with Crippen molar-refractivity contribution < 1.29 is 14.7 Å². The summed E-state index contributed by atoms with van der Waals surface area (Å²) in [6, 6.07) is -0.339. The van der Waals surface area contributed by atoms with Crippen LogP contribution in [0.25, 0.3) is 0 Å². The quantitative estimate of drug-likeness (QED) is 0.654. The van der Waals surface area contributed by atoms with E-state index >= 15 is 0 Å². The molecule has 0 radical (unpaired) electrons. The second-order valence-electron chi connectivity index (χ2n) is 5.12. The highest BCUT2D eigenvalue weighted by molar-refractivity contribution is 5.78. The Balaban J connectivity index is 2.51. The van der Waals surface area contributed by atoms with Gasteiger partial charge in [-0.15, -0.1) is 6.58 Å². The fourth-order valence-electron chi connectivity index (χ4n) is 2.26. The standard InChI is InChI=1S/C13H22N2O3/c1-3-8-14-12(18)15-9-13(11(16)17)6-4-10(2)5-7-13/h3,10H,1,4-9H2,2H3,(H,16,17)(H2,14,15,18). The number of carbonyl (C=O) groups excluding carboxylic acids is 1. The summed E-state index contributed by atoms with van der Waals surface area (Å²) in [5.74, 6) is -0.231. The van der Waals surface area contributed by atoms with Crippen molar-refractivity contribution in [2.24, 2.45) is 11.3 Å². The number of carbonyl (C=O) groups is 2. The molecule has 1 rings (SSSR count). The van der Waals surface area contributed by atoms with Crippen molar-refractivity contribution in [1.29, 1.82) is 0 Å². The van der Waals surface area contributed by atoms with E-state index in [1.54, 1.807) is 6.08 Å². The molecule has 1 aliphatic carbocycles. The van der Waals surface area contributed by atoms with Crippen LogP contribution in [0.15, 0.2) is 12.7 Å². The number of rotatable bonds is 5. The number of amides is 2. The molecule has 1 aliphatic rings. The second kappa shape index (κ2) is 6.42. The number of carboxylic acid groups (broad SMARTS) is 1. The van der Waals surface area contributed by atoms with Crippen LogP contribution in [0.5, 0.6) is 0 Å². The van der Waals surface area contributed by atoms with Gasteiger partial charge >= 0.3 is 12.0 Å². The highest BCUT2D eigenvalue weighted by Crippen LogP contribution is 2.38. The van der Waals surface area contributed by atoms with Gasteiger partial charge in [-0.1, -0.05) is 13.0 Å². The van der Waals surface area contributed by atoms with Crippen molar-refractivity contribution in [1.82, 2.24) is 10.6 Å². The Morgan fingerprint density at radius 2 is 2.00 bits per heavy atom. The summed E-state index contributed by atoms with van der Waals surface area (Å²) in [5, 5.41) is 14.6. The molecule has 102 valence electrons. The molecule has 2 amide bonds. The molecule has 0 atom stereocenters. The van der Waals surface area contributed by atoms with Gasteiger partial charge in [0.15, 0.2) is 0 Å². The first kappa shape index (κ1) is 14.5. The second-order valence-corrected chi connectivity index (χ2v) is 5.12. The van der Waals surface area contributed by atoms with E-state index in [0.717, 1.165) is 12.8 Å². The van der Waals surface area contributed by atoms with Crippen molar-refractivity contribution in [2.45, 2.75) is 32.6 Å². The molecule has 0 aromatic rings. The van der Waals surface area contributed by atoms with E-state index in [1.807, 2.05) is 0 Å². The molecule has 0 aliphatic heterocycles. The Hall–Kier alpha value is -1.52. The highest BCUT2D eigenvalue weighted by atomic mass is 16.4. The summed E-state index contributed by atoms with van der Waals surface area (Å²) in [4.78, 5) is 22.8. The molecule has 0 spiro atoms. The first-order chi connectivity index (χ1) is 8.50. The number of carboxylic acids is 1. The Labute approximate surface area is 108 Å². The van der Waals surface area contributed by atoms with Gasteiger partial charge in [-0.2, -0.15) is 0 Å². The lowest BCUT2D eigenvalue weighted by Crippen LogP contribution is -2.47. The zero-order valence-corrected chi connectivity index (χ0v) is 10.9. The number of aliphatic carboxylic acids is 1. The SMILES string of the molecule is C=CCNC(=O)NCC1(C(=O)O)CCC(C)CC1. The van der Waals surface area contributed by atoms with Gasteiger partial charge in [0.25, 0.3) is 0 Å². The van der Waals surface area contributed by atoms with E-state index < -0.39 is 11.4 Å². The van der Waals surface area contributed by atoms with Gasteiger partial charge in [0, 0.05) is 13.1 Å². The molecular formula is C13H22N2O3. The van der Waals surface area contributed by atoms with E-state index in [-0.39, 0.29) is 12.6 Å². The number of urea groups is 1. The van der Waals surface area contributed by atoms with Crippen LogP contribution in [0.3, 0.4) is 0 Å². The maximum Gasteiger partial charge on any atom is 0.315 e. The molecule has 1 saturated carbocycles. The van der Waals surface area contributed by atoms with Gasteiger partial charge in [-0.25, -0.2) is 4.79 Å². The average molecular weight is 254 g/mol. The molecular weight excluding hydrogens is 232 g/mol. The van der Waals surface area contributed by atoms with Crippen LogP contribution in [0.4, 0.5) is 4.79 Å². The highest BCUT2D eigenvalue weighted by Gasteiger charge is 2.41. The number of hydrogen-bond acceptors (Lipinski definition) is 2. The van der Waals surface area contributed by atoms with Crippen LogP contribution in [-0.4, -0.2) is 30.2 Å². The molecule has 3 N–H and O–H groups in total. The van der Waals surface area contributed by atoms with Crippen molar-refractivity contribution in [3.8, 4) is 0 Å². The molecule has 0 aromatic heterocycles. The summed E-state index contributed by atoms with van der Waals surface area (Å²) < 4.78 is 0. The first-order valence-electron chi connectivity index (χ1n) is 6.36. The van der Waals surface area contributed by atoms with Crippen LogP contribution in [0.2, 0.25) is 0 Å². The average Bonchev–Trinajstić information content (AvgIpc) is 2.35. The third-order valence-corrected chi connectivity index (χ3v) is 3.68. The van der Waals surface area contributed by atoms with Crippen molar-refractivity contribution >= 4 is 12.0 Å². The molecule has 5 nitrogen and oxygen atoms in total. The lowest BCUT2D eigenvalue weighted by molar-refractivity contribution is -0.151. The van der Waals surface area contributed by atoms with Crippen molar-refractivity contribution in [3.05, 3.63) is 12.7 Å². The number of hydrogen-bond donors (Lipinski definition) is 3. The minimum absolute atomic E-state index is 0.192. The van der Waals surface area contributed by atoms with Crippen molar-refractivity contribution in [3.63, 3.8) is 0 Å². The van der Waals surface area contributed by atoms with Gasteiger partial charge in [-0.05, 0) is 31.6 Å². The smallest absolute Gasteiger partial charge is 0.315 e. The normalized spacial score (nSPS) is 27.3. The van der Waals surface area contributed by atoms with Crippen LogP contribution in [-0.2, 0) is 4.79 Å². The molecule has 0 bridgehead atoms.